The number of hydrogen-bond donors (Lipinski definition) is 1. The van der Waals surface area contributed by atoms with Crippen molar-refractivity contribution in [1.29, 1.82) is 0 Å². The average molecular weight is 248 g/mol. The van der Waals surface area contributed by atoms with E-state index in [1.807, 2.05) is 0 Å². The van der Waals surface area contributed by atoms with Crippen molar-refractivity contribution in [3.05, 3.63) is 28.8 Å². The van der Waals surface area contributed by atoms with Crippen LogP contribution in [0.25, 0.3) is 0 Å². The van der Waals surface area contributed by atoms with Gasteiger partial charge in [-0.25, -0.2) is 0 Å². The Bertz CT molecular complexity index is 438. The van der Waals surface area contributed by atoms with Crippen LogP contribution in [0.1, 0.15) is 42.4 Å². The van der Waals surface area contributed by atoms with E-state index in [9.17, 15) is 4.79 Å². The lowest BCUT2D eigenvalue weighted by molar-refractivity contribution is -0.136. The molecule has 0 radical (unpaired) electrons. The molecule has 18 heavy (non-hydrogen) atoms. The highest BCUT2D eigenvalue weighted by molar-refractivity contribution is 5.67. The SMILES string of the molecule is COc1cc2c(cc1CCC(=O)O)CCCCC2. The predicted molar refractivity (Wildman–Crippen MR) is 70.2 cm³/mol. The number of ether oxygens (including phenoxy) is 1. The molecule has 0 saturated carbocycles. The van der Waals surface area contributed by atoms with Crippen molar-refractivity contribution in [2.24, 2.45) is 0 Å². The summed E-state index contributed by atoms with van der Waals surface area (Å²) in [5.41, 5.74) is 3.79. The lowest BCUT2D eigenvalue weighted by Gasteiger charge is -2.13. The van der Waals surface area contributed by atoms with Crippen LogP contribution in [0.5, 0.6) is 5.75 Å². The Labute approximate surface area is 108 Å². The van der Waals surface area contributed by atoms with E-state index in [-0.39, 0.29) is 6.42 Å². The van der Waals surface area contributed by atoms with Gasteiger partial charge in [-0.2, -0.15) is 0 Å². The molecule has 0 heterocycles. The highest BCUT2D eigenvalue weighted by atomic mass is 16.5. The maximum atomic E-state index is 10.7. The van der Waals surface area contributed by atoms with Gasteiger partial charge >= 0.3 is 5.97 Å². The van der Waals surface area contributed by atoms with Crippen molar-refractivity contribution >= 4 is 5.97 Å². The lowest BCUT2D eigenvalue weighted by Crippen LogP contribution is -2.02. The molecule has 0 aromatic heterocycles. The Hall–Kier alpha value is -1.51. The van der Waals surface area contributed by atoms with E-state index in [0.29, 0.717) is 6.42 Å². The van der Waals surface area contributed by atoms with Gasteiger partial charge in [0.25, 0.3) is 0 Å². The van der Waals surface area contributed by atoms with Crippen LogP contribution in [0.15, 0.2) is 12.1 Å². The second-order valence-corrected chi connectivity index (χ2v) is 4.89. The predicted octanol–water partition coefficient (Wildman–Crippen LogP) is 2.98. The fraction of sp³-hybridized carbons (Fsp3) is 0.533. The van der Waals surface area contributed by atoms with Crippen molar-refractivity contribution in [2.75, 3.05) is 7.11 Å². The van der Waals surface area contributed by atoms with Gasteiger partial charge in [0.2, 0.25) is 0 Å². The van der Waals surface area contributed by atoms with Crippen molar-refractivity contribution in [2.45, 2.75) is 44.9 Å². The fourth-order valence-electron chi connectivity index (χ4n) is 2.62. The zero-order valence-electron chi connectivity index (χ0n) is 10.9. The van der Waals surface area contributed by atoms with Gasteiger partial charge in [0.15, 0.2) is 0 Å². The molecule has 3 heteroatoms. The van der Waals surface area contributed by atoms with E-state index in [0.717, 1.165) is 24.2 Å². The normalized spacial score (nSPS) is 14.7. The van der Waals surface area contributed by atoms with Crippen LogP contribution in [0.2, 0.25) is 0 Å². The highest BCUT2D eigenvalue weighted by Crippen LogP contribution is 2.29. The molecule has 0 unspecified atom stereocenters. The first kappa shape index (κ1) is 12.9. The largest absolute Gasteiger partial charge is 0.496 e. The zero-order chi connectivity index (χ0) is 13.0. The summed E-state index contributed by atoms with van der Waals surface area (Å²) in [6.45, 7) is 0. The molecule has 0 amide bonds. The molecule has 0 spiro atoms. The van der Waals surface area contributed by atoms with Crippen LogP contribution < -0.4 is 4.74 Å². The molecule has 0 saturated heterocycles. The van der Waals surface area contributed by atoms with E-state index >= 15 is 0 Å². The molecule has 3 nitrogen and oxygen atoms in total. The number of rotatable bonds is 4. The number of aryl methyl sites for hydroxylation is 3. The van der Waals surface area contributed by atoms with Crippen LogP contribution in [-0.4, -0.2) is 18.2 Å². The van der Waals surface area contributed by atoms with Crippen molar-refractivity contribution in [1.82, 2.24) is 0 Å². The number of carboxylic acid groups (broad SMARTS) is 1. The van der Waals surface area contributed by atoms with Crippen molar-refractivity contribution in [3.63, 3.8) is 0 Å². The highest BCUT2D eigenvalue weighted by Gasteiger charge is 2.13. The number of carboxylic acids is 1. The average Bonchev–Trinajstić information content (AvgIpc) is 2.59. The maximum absolute atomic E-state index is 10.7. The van der Waals surface area contributed by atoms with Gasteiger partial charge in [-0.15, -0.1) is 0 Å². The number of hydrogen-bond acceptors (Lipinski definition) is 2. The lowest BCUT2D eigenvalue weighted by atomic mass is 9.97. The first-order valence-electron chi connectivity index (χ1n) is 6.61. The summed E-state index contributed by atoms with van der Waals surface area (Å²) in [5, 5.41) is 8.78. The summed E-state index contributed by atoms with van der Waals surface area (Å²) in [6.07, 6.45) is 6.69. The van der Waals surface area contributed by atoms with Gasteiger partial charge in [-0.3, -0.25) is 4.79 Å². The molecule has 2 rings (SSSR count). The van der Waals surface area contributed by atoms with E-state index in [4.69, 9.17) is 9.84 Å². The quantitative estimate of drug-likeness (QED) is 0.833. The molecule has 98 valence electrons. The molecule has 1 aromatic carbocycles. The smallest absolute Gasteiger partial charge is 0.303 e. The Morgan fingerprint density at radius 1 is 1.22 bits per heavy atom. The number of fused-ring (bicyclic) bond motifs is 1. The number of methoxy groups -OCH3 is 1. The Morgan fingerprint density at radius 2 is 1.89 bits per heavy atom. The molecule has 1 aliphatic carbocycles. The van der Waals surface area contributed by atoms with Crippen molar-refractivity contribution in [3.8, 4) is 5.75 Å². The maximum Gasteiger partial charge on any atom is 0.303 e. The summed E-state index contributed by atoms with van der Waals surface area (Å²) in [6, 6.07) is 4.26. The van der Waals surface area contributed by atoms with Gasteiger partial charge in [0.1, 0.15) is 5.75 Å². The van der Waals surface area contributed by atoms with Gasteiger partial charge in [-0.05, 0) is 54.9 Å². The van der Waals surface area contributed by atoms with E-state index in [1.54, 1.807) is 7.11 Å². The minimum absolute atomic E-state index is 0.162. The van der Waals surface area contributed by atoms with Gasteiger partial charge in [-0.1, -0.05) is 12.5 Å². The van der Waals surface area contributed by atoms with E-state index in [1.165, 1.54) is 30.4 Å². The van der Waals surface area contributed by atoms with Gasteiger partial charge in [0.05, 0.1) is 7.11 Å². The minimum Gasteiger partial charge on any atom is -0.496 e. The summed E-state index contributed by atoms with van der Waals surface area (Å²) in [4.78, 5) is 10.7. The van der Waals surface area contributed by atoms with E-state index in [2.05, 4.69) is 12.1 Å². The van der Waals surface area contributed by atoms with E-state index < -0.39 is 5.97 Å². The topological polar surface area (TPSA) is 46.5 Å². The molecule has 0 atom stereocenters. The minimum atomic E-state index is -0.757. The fourth-order valence-corrected chi connectivity index (χ4v) is 2.62. The summed E-state index contributed by atoms with van der Waals surface area (Å²) in [7, 11) is 1.66. The Kier molecular flexibility index (Phi) is 4.24. The monoisotopic (exact) mass is 248 g/mol. The van der Waals surface area contributed by atoms with Crippen LogP contribution in [0, 0.1) is 0 Å². The second kappa shape index (κ2) is 5.89. The van der Waals surface area contributed by atoms with Crippen LogP contribution in [0.3, 0.4) is 0 Å². The standard InChI is InChI=1S/C15H20O3/c1-18-14-10-12-6-4-2-3-5-11(12)9-13(14)7-8-15(16)17/h9-10H,2-8H2,1H3,(H,16,17). The first-order chi connectivity index (χ1) is 8.70. The zero-order valence-corrected chi connectivity index (χ0v) is 10.9. The van der Waals surface area contributed by atoms with Gasteiger partial charge < -0.3 is 9.84 Å². The number of carbonyl (C=O) groups is 1. The summed E-state index contributed by atoms with van der Waals surface area (Å²) >= 11 is 0. The Balaban J connectivity index is 2.27. The molecular formula is C15H20O3. The summed E-state index contributed by atoms with van der Waals surface area (Å²) < 4.78 is 5.39. The molecule has 0 fully saturated rings. The number of aliphatic carboxylic acids is 1. The Morgan fingerprint density at radius 3 is 2.50 bits per heavy atom. The van der Waals surface area contributed by atoms with Crippen LogP contribution in [0.4, 0.5) is 0 Å². The third kappa shape index (κ3) is 3.03. The third-order valence-electron chi connectivity index (χ3n) is 3.60. The van der Waals surface area contributed by atoms with Gasteiger partial charge in [0, 0.05) is 6.42 Å². The number of benzene rings is 1. The summed E-state index contributed by atoms with van der Waals surface area (Å²) in [5.74, 6) is 0.0869. The molecule has 1 N–H and O–H groups in total. The third-order valence-corrected chi connectivity index (χ3v) is 3.60. The first-order valence-corrected chi connectivity index (χ1v) is 6.61. The molecular weight excluding hydrogens is 228 g/mol. The van der Waals surface area contributed by atoms with Crippen LogP contribution in [-0.2, 0) is 24.1 Å². The van der Waals surface area contributed by atoms with Crippen molar-refractivity contribution < 1.29 is 14.6 Å². The molecule has 0 bridgehead atoms. The molecule has 1 aliphatic rings. The van der Waals surface area contributed by atoms with Crippen LogP contribution >= 0.6 is 0 Å². The molecule has 0 aliphatic heterocycles. The molecule has 1 aromatic rings. The second-order valence-electron chi connectivity index (χ2n) is 4.89.